The monoisotopic (exact) mass is 528 g/mol. The Balaban J connectivity index is 1.81. The molecule has 1 N–H and O–H groups in total. The molecule has 1 saturated heterocycles. The molecule has 2 aromatic carbocycles. The SMILES string of the molecule is COc1cc2nc(C3CN(C(=O)OC(C)(C)C)C3)c(C#N)c(Nc3ccc(Cl)cc3Cl)c2cc1OC. The van der Waals surface area contributed by atoms with Gasteiger partial charge in [-0.15, -0.1) is 0 Å². The number of aromatic nitrogens is 1. The average Bonchev–Trinajstić information content (AvgIpc) is 2.77. The van der Waals surface area contributed by atoms with Crippen LogP contribution in [-0.4, -0.2) is 48.9 Å². The Kier molecular flexibility index (Phi) is 7.07. The van der Waals surface area contributed by atoms with Crippen molar-refractivity contribution in [2.24, 2.45) is 0 Å². The van der Waals surface area contributed by atoms with E-state index in [2.05, 4.69) is 11.4 Å². The Bertz CT molecular complexity index is 1380. The van der Waals surface area contributed by atoms with Crippen molar-refractivity contribution >= 4 is 51.6 Å². The number of anilines is 2. The lowest BCUT2D eigenvalue weighted by atomic mass is 9.91. The van der Waals surface area contributed by atoms with Gasteiger partial charge in [-0.05, 0) is 45.0 Å². The first-order valence-electron chi connectivity index (χ1n) is 11.2. The molecule has 0 bridgehead atoms. The quantitative estimate of drug-likeness (QED) is 0.403. The van der Waals surface area contributed by atoms with Crippen molar-refractivity contribution in [3.05, 3.63) is 51.6 Å². The molecule has 1 amide bonds. The van der Waals surface area contributed by atoms with Crippen LogP contribution in [0.15, 0.2) is 30.3 Å². The maximum absolute atomic E-state index is 12.5. The predicted octanol–water partition coefficient (Wildman–Crippen LogP) is 6.51. The van der Waals surface area contributed by atoms with Gasteiger partial charge in [-0.2, -0.15) is 5.26 Å². The highest BCUT2D eigenvalue weighted by Gasteiger charge is 2.37. The van der Waals surface area contributed by atoms with Crippen LogP contribution >= 0.6 is 23.2 Å². The number of carbonyl (C=O) groups excluding carboxylic acids is 1. The summed E-state index contributed by atoms with van der Waals surface area (Å²) in [6.07, 6.45) is -0.393. The molecule has 0 spiro atoms. The fraction of sp³-hybridized carbons (Fsp3) is 0.346. The summed E-state index contributed by atoms with van der Waals surface area (Å²) < 4.78 is 16.4. The number of halogens is 2. The van der Waals surface area contributed by atoms with Gasteiger partial charge in [0.2, 0.25) is 0 Å². The Morgan fingerprint density at radius 3 is 2.39 bits per heavy atom. The zero-order valence-corrected chi connectivity index (χ0v) is 22.1. The number of carbonyl (C=O) groups is 1. The van der Waals surface area contributed by atoms with Crippen molar-refractivity contribution in [2.45, 2.75) is 32.3 Å². The van der Waals surface area contributed by atoms with Gasteiger partial charge in [-0.3, -0.25) is 4.98 Å². The van der Waals surface area contributed by atoms with E-state index in [9.17, 15) is 10.1 Å². The van der Waals surface area contributed by atoms with E-state index in [0.29, 0.717) is 68.2 Å². The van der Waals surface area contributed by atoms with Crippen molar-refractivity contribution in [2.75, 3.05) is 32.6 Å². The molecule has 0 atom stereocenters. The van der Waals surface area contributed by atoms with E-state index in [1.807, 2.05) is 20.8 Å². The summed E-state index contributed by atoms with van der Waals surface area (Å²) in [7, 11) is 3.09. The van der Waals surface area contributed by atoms with Gasteiger partial charge in [0.05, 0.1) is 47.4 Å². The minimum atomic E-state index is -0.592. The molecule has 8 nitrogen and oxygen atoms in total. The number of ether oxygens (including phenoxy) is 3. The lowest BCUT2D eigenvalue weighted by Crippen LogP contribution is -2.50. The van der Waals surface area contributed by atoms with Gasteiger partial charge in [0.1, 0.15) is 11.7 Å². The van der Waals surface area contributed by atoms with Gasteiger partial charge in [-0.1, -0.05) is 23.2 Å². The number of likely N-dealkylation sites (tertiary alicyclic amines) is 1. The summed E-state index contributed by atoms with van der Waals surface area (Å²) in [5, 5.41) is 15.1. The van der Waals surface area contributed by atoms with Crippen LogP contribution < -0.4 is 14.8 Å². The molecule has 10 heteroatoms. The minimum Gasteiger partial charge on any atom is -0.493 e. The predicted molar refractivity (Wildman–Crippen MR) is 140 cm³/mol. The number of fused-ring (bicyclic) bond motifs is 1. The molecule has 1 fully saturated rings. The summed E-state index contributed by atoms with van der Waals surface area (Å²) >= 11 is 12.5. The Morgan fingerprint density at radius 1 is 1.14 bits per heavy atom. The third-order valence-electron chi connectivity index (χ3n) is 5.74. The topological polar surface area (TPSA) is 96.7 Å². The number of nitriles is 1. The van der Waals surface area contributed by atoms with Gasteiger partial charge >= 0.3 is 6.09 Å². The lowest BCUT2D eigenvalue weighted by Gasteiger charge is -2.40. The molecule has 1 aliphatic heterocycles. The Labute approximate surface area is 219 Å². The third kappa shape index (κ3) is 5.08. The fourth-order valence-corrected chi connectivity index (χ4v) is 4.46. The van der Waals surface area contributed by atoms with Crippen molar-refractivity contribution in [1.29, 1.82) is 5.26 Å². The number of nitrogens with one attached hydrogen (secondary N) is 1. The van der Waals surface area contributed by atoms with Crippen molar-refractivity contribution < 1.29 is 19.0 Å². The number of methoxy groups -OCH3 is 2. The Hall–Kier alpha value is -3.41. The summed E-state index contributed by atoms with van der Waals surface area (Å²) in [5.41, 5.74) is 2.04. The Morgan fingerprint density at radius 2 is 1.81 bits per heavy atom. The summed E-state index contributed by atoms with van der Waals surface area (Å²) in [6, 6.07) is 10.9. The van der Waals surface area contributed by atoms with Crippen LogP contribution in [0.1, 0.15) is 37.9 Å². The molecule has 0 saturated carbocycles. The van der Waals surface area contributed by atoms with E-state index >= 15 is 0 Å². The van der Waals surface area contributed by atoms with Crippen molar-refractivity contribution in [3.63, 3.8) is 0 Å². The second kappa shape index (κ2) is 9.92. The molecule has 0 aliphatic carbocycles. The first kappa shape index (κ1) is 25.7. The molecule has 188 valence electrons. The lowest BCUT2D eigenvalue weighted by molar-refractivity contribution is 0.00788. The standard InChI is InChI=1S/C26H26Cl2N4O4/c1-26(2,3)36-25(33)32-12-14(13-32)23-17(11-29)24(30-19-7-6-15(27)8-18(19)28)16-9-21(34-4)22(35-5)10-20(16)31-23/h6-10,14H,12-13H2,1-5H3,(H,30,31). The van der Waals surface area contributed by atoms with Gasteiger partial charge < -0.3 is 24.4 Å². The summed E-state index contributed by atoms with van der Waals surface area (Å²) in [6.45, 7) is 6.24. The van der Waals surface area contributed by atoms with Crippen molar-refractivity contribution in [3.8, 4) is 17.6 Å². The number of amides is 1. The van der Waals surface area contributed by atoms with E-state index in [0.717, 1.165) is 0 Å². The number of hydrogen-bond acceptors (Lipinski definition) is 7. The van der Waals surface area contributed by atoms with Crippen LogP contribution in [0.5, 0.6) is 11.5 Å². The number of hydrogen-bond donors (Lipinski definition) is 1. The van der Waals surface area contributed by atoms with Crippen LogP contribution in [0.2, 0.25) is 10.0 Å². The molecule has 4 rings (SSSR count). The third-order valence-corrected chi connectivity index (χ3v) is 6.29. The molecular formula is C26H26Cl2N4O4. The smallest absolute Gasteiger partial charge is 0.410 e. The maximum atomic E-state index is 12.5. The first-order chi connectivity index (χ1) is 17.0. The minimum absolute atomic E-state index is 0.147. The number of benzene rings is 2. The summed E-state index contributed by atoms with van der Waals surface area (Å²) in [5.74, 6) is 0.854. The fourth-order valence-electron chi connectivity index (χ4n) is 4.00. The second-order valence-electron chi connectivity index (χ2n) is 9.41. The highest BCUT2D eigenvalue weighted by Crippen LogP contribution is 2.42. The molecule has 3 aromatic rings. The van der Waals surface area contributed by atoms with Crippen LogP contribution in [-0.2, 0) is 4.74 Å². The second-order valence-corrected chi connectivity index (χ2v) is 10.3. The number of pyridine rings is 1. The molecular weight excluding hydrogens is 503 g/mol. The van der Waals surface area contributed by atoms with Crippen LogP contribution in [0, 0.1) is 11.3 Å². The molecule has 0 radical (unpaired) electrons. The number of rotatable bonds is 5. The van der Waals surface area contributed by atoms with Crippen LogP contribution in [0.25, 0.3) is 10.9 Å². The van der Waals surface area contributed by atoms with E-state index in [1.54, 1.807) is 49.5 Å². The van der Waals surface area contributed by atoms with E-state index < -0.39 is 11.7 Å². The van der Waals surface area contributed by atoms with Crippen LogP contribution in [0.4, 0.5) is 16.2 Å². The van der Waals surface area contributed by atoms with E-state index in [1.165, 1.54) is 0 Å². The average molecular weight is 529 g/mol. The van der Waals surface area contributed by atoms with E-state index in [4.69, 9.17) is 42.4 Å². The molecule has 1 aromatic heterocycles. The van der Waals surface area contributed by atoms with Gasteiger partial charge in [0.15, 0.2) is 11.5 Å². The first-order valence-corrected chi connectivity index (χ1v) is 12.0. The molecule has 0 unspecified atom stereocenters. The van der Waals surface area contributed by atoms with Crippen LogP contribution in [0.3, 0.4) is 0 Å². The zero-order valence-electron chi connectivity index (χ0n) is 20.6. The molecule has 2 heterocycles. The van der Waals surface area contributed by atoms with Gasteiger partial charge in [0.25, 0.3) is 0 Å². The molecule has 36 heavy (non-hydrogen) atoms. The van der Waals surface area contributed by atoms with Crippen molar-refractivity contribution in [1.82, 2.24) is 9.88 Å². The highest BCUT2D eigenvalue weighted by atomic mass is 35.5. The normalized spacial score (nSPS) is 13.7. The highest BCUT2D eigenvalue weighted by molar-refractivity contribution is 6.36. The molecule has 1 aliphatic rings. The van der Waals surface area contributed by atoms with Gasteiger partial charge in [0, 0.05) is 35.5 Å². The number of nitrogens with zero attached hydrogens (tertiary/aromatic N) is 3. The largest absolute Gasteiger partial charge is 0.493 e. The summed E-state index contributed by atoms with van der Waals surface area (Å²) in [4.78, 5) is 18.9. The van der Waals surface area contributed by atoms with Gasteiger partial charge in [-0.25, -0.2) is 4.79 Å². The van der Waals surface area contributed by atoms with E-state index in [-0.39, 0.29) is 5.92 Å². The zero-order chi connectivity index (χ0) is 26.2. The maximum Gasteiger partial charge on any atom is 0.410 e.